The van der Waals surface area contributed by atoms with Gasteiger partial charge in [0.25, 0.3) is 5.91 Å². The zero-order chi connectivity index (χ0) is 17.6. The Morgan fingerprint density at radius 1 is 1.00 bits per heavy atom. The lowest BCUT2D eigenvalue weighted by molar-refractivity contribution is 0.102. The zero-order valence-electron chi connectivity index (χ0n) is 13.7. The van der Waals surface area contributed by atoms with Gasteiger partial charge >= 0.3 is 0 Å². The van der Waals surface area contributed by atoms with Crippen LogP contribution in [0.5, 0.6) is 0 Å². The summed E-state index contributed by atoms with van der Waals surface area (Å²) in [6.45, 7) is 1.97. The molecule has 1 amide bonds. The van der Waals surface area contributed by atoms with E-state index in [1.165, 1.54) is 0 Å². The Kier molecular flexibility index (Phi) is 4.72. The fourth-order valence-electron chi connectivity index (χ4n) is 2.35. The molecule has 0 aliphatic carbocycles. The van der Waals surface area contributed by atoms with Gasteiger partial charge in [0.05, 0.1) is 23.5 Å². The molecule has 0 aliphatic heterocycles. The molecule has 0 aliphatic rings. The molecule has 5 heteroatoms. The van der Waals surface area contributed by atoms with Crippen molar-refractivity contribution < 1.29 is 4.79 Å². The molecule has 0 bridgehead atoms. The van der Waals surface area contributed by atoms with Crippen molar-refractivity contribution in [2.75, 3.05) is 10.6 Å². The lowest BCUT2D eigenvalue weighted by Crippen LogP contribution is -2.13. The molecule has 0 radical (unpaired) electrons. The standard InChI is InChI=1S/C20H16N4O/c1-14-4-2-6-16(10-14)24-20(25)19-9-8-18(13-22-19)23-17-7-3-5-15(11-17)12-21/h2-11,13,23H,1H3,(H,24,25). The van der Waals surface area contributed by atoms with Crippen LogP contribution < -0.4 is 10.6 Å². The third kappa shape index (κ3) is 4.21. The van der Waals surface area contributed by atoms with Crippen LogP contribution in [0.4, 0.5) is 17.1 Å². The van der Waals surface area contributed by atoms with E-state index < -0.39 is 0 Å². The largest absolute Gasteiger partial charge is 0.354 e. The first-order chi connectivity index (χ1) is 12.1. The number of benzene rings is 2. The van der Waals surface area contributed by atoms with E-state index in [-0.39, 0.29) is 5.91 Å². The zero-order valence-corrected chi connectivity index (χ0v) is 13.7. The van der Waals surface area contributed by atoms with E-state index in [1.54, 1.807) is 36.5 Å². The minimum atomic E-state index is -0.261. The average Bonchev–Trinajstić information content (AvgIpc) is 2.62. The molecule has 1 heterocycles. The van der Waals surface area contributed by atoms with Crippen LogP contribution in [0, 0.1) is 18.3 Å². The smallest absolute Gasteiger partial charge is 0.274 e. The van der Waals surface area contributed by atoms with Gasteiger partial charge in [0, 0.05) is 11.4 Å². The lowest BCUT2D eigenvalue weighted by atomic mass is 10.2. The Balaban J connectivity index is 1.69. The van der Waals surface area contributed by atoms with E-state index in [1.807, 2.05) is 37.3 Å². The number of nitrogens with one attached hydrogen (secondary N) is 2. The monoisotopic (exact) mass is 328 g/mol. The van der Waals surface area contributed by atoms with Crippen molar-refractivity contribution in [1.29, 1.82) is 5.26 Å². The van der Waals surface area contributed by atoms with E-state index in [9.17, 15) is 4.79 Å². The normalized spacial score (nSPS) is 9.92. The molecule has 3 rings (SSSR count). The molecule has 0 atom stereocenters. The van der Waals surface area contributed by atoms with Gasteiger partial charge in [0.15, 0.2) is 0 Å². The Bertz CT molecular complexity index is 942. The summed E-state index contributed by atoms with van der Waals surface area (Å²) in [5.41, 5.74) is 4.25. The number of amides is 1. The first kappa shape index (κ1) is 16.2. The Labute approximate surface area is 146 Å². The second-order valence-corrected chi connectivity index (χ2v) is 5.57. The van der Waals surface area contributed by atoms with E-state index in [2.05, 4.69) is 21.7 Å². The lowest BCUT2D eigenvalue weighted by Gasteiger charge is -2.08. The molecule has 2 aromatic carbocycles. The van der Waals surface area contributed by atoms with Crippen molar-refractivity contribution in [2.24, 2.45) is 0 Å². The molecule has 0 saturated carbocycles. The van der Waals surface area contributed by atoms with E-state index in [0.29, 0.717) is 11.3 Å². The van der Waals surface area contributed by atoms with Gasteiger partial charge in [-0.2, -0.15) is 5.26 Å². The highest BCUT2D eigenvalue weighted by molar-refractivity contribution is 6.03. The average molecular weight is 328 g/mol. The summed E-state index contributed by atoms with van der Waals surface area (Å²) >= 11 is 0. The van der Waals surface area contributed by atoms with Crippen LogP contribution in [0.15, 0.2) is 66.9 Å². The van der Waals surface area contributed by atoms with Crippen molar-refractivity contribution in [2.45, 2.75) is 6.92 Å². The van der Waals surface area contributed by atoms with Gasteiger partial charge in [-0.15, -0.1) is 0 Å². The van der Waals surface area contributed by atoms with Crippen LogP contribution in [0.1, 0.15) is 21.6 Å². The van der Waals surface area contributed by atoms with Crippen molar-refractivity contribution >= 4 is 23.0 Å². The summed E-state index contributed by atoms with van der Waals surface area (Å²) in [4.78, 5) is 16.4. The van der Waals surface area contributed by atoms with Crippen LogP contribution in [0.3, 0.4) is 0 Å². The maximum absolute atomic E-state index is 12.2. The van der Waals surface area contributed by atoms with Gasteiger partial charge in [-0.3, -0.25) is 4.79 Å². The van der Waals surface area contributed by atoms with E-state index in [0.717, 1.165) is 22.6 Å². The van der Waals surface area contributed by atoms with E-state index >= 15 is 0 Å². The molecule has 5 nitrogen and oxygen atoms in total. The fraction of sp³-hybridized carbons (Fsp3) is 0.0500. The maximum atomic E-state index is 12.2. The number of hydrogen-bond donors (Lipinski definition) is 2. The quantitative estimate of drug-likeness (QED) is 0.750. The van der Waals surface area contributed by atoms with Gasteiger partial charge in [-0.05, 0) is 55.0 Å². The summed E-state index contributed by atoms with van der Waals surface area (Å²) in [6, 6.07) is 20.3. The maximum Gasteiger partial charge on any atom is 0.274 e. The van der Waals surface area contributed by atoms with Crippen LogP contribution in [-0.4, -0.2) is 10.9 Å². The number of aryl methyl sites for hydroxylation is 1. The number of rotatable bonds is 4. The molecular formula is C20H16N4O. The minimum absolute atomic E-state index is 0.261. The SMILES string of the molecule is Cc1cccc(NC(=O)c2ccc(Nc3cccc(C#N)c3)cn2)c1. The van der Waals surface area contributed by atoms with Crippen molar-refractivity contribution in [3.8, 4) is 6.07 Å². The number of carbonyl (C=O) groups excluding carboxylic acids is 1. The van der Waals surface area contributed by atoms with Gasteiger partial charge in [-0.25, -0.2) is 4.98 Å². The van der Waals surface area contributed by atoms with Gasteiger partial charge in [0.1, 0.15) is 5.69 Å². The Morgan fingerprint density at radius 2 is 1.80 bits per heavy atom. The van der Waals surface area contributed by atoms with Gasteiger partial charge < -0.3 is 10.6 Å². The highest BCUT2D eigenvalue weighted by Gasteiger charge is 2.08. The summed E-state index contributed by atoms with van der Waals surface area (Å²) < 4.78 is 0. The van der Waals surface area contributed by atoms with Crippen molar-refractivity contribution in [3.63, 3.8) is 0 Å². The predicted molar refractivity (Wildman–Crippen MR) is 97.8 cm³/mol. The predicted octanol–water partition coefficient (Wildman–Crippen LogP) is 4.26. The van der Waals surface area contributed by atoms with Crippen LogP contribution in [0.25, 0.3) is 0 Å². The summed E-state index contributed by atoms with van der Waals surface area (Å²) in [7, 11) is 0. The molecule has 0 saturated heterocycles. The molecule has 1 aromatic heterocycles. The Hall–Kier alpha value is -3.65. The summed E-state index contributed by atoms with van der Waals surface area (Å²) in [5, 5.41) is 14.9. The summed E-state index contributed by atoms with van der Waals surface area (Å²) in [5.74, 6) is -0.261. The number of aromatic nitrogens is 1. The molecule has 122 valence electrons. The Morgan fingerprint density at radius 3 is 2.52 bits per heavy atom. The molecule has 0 fully saturated rings. The fourth-order valence-corrected chi connectivity index (χ4v) is 2.35. The van der Waals surface area contributed by atoms with Crippen molar-refractivity contribution in [3.05, 3.63) is 83.7 Å². The van der Waals surface area contributed by atoms with Crippen LogP contribution >= 0.6 is 0 Å². The highest BCUT2D eigenvalue weighted by atomic mass is 16.1. The third-order valence-corrected chi connectivity index (χ3v) is 3.55. The number of pyridine rings is 1. The number of nitrogens with zero attached hydrogens (tertiary/aromatic N) is 2. The highest BCUT2D eigenvalue weighted by Crippen LogP contribution is 2.17. The molecule has 0 unspecified atom stereocenters. The minimum Gasteiger partial charge on any atom is -0.354 e. The molecule has 2 N–H and O–H groups in total. The van der Waals surface area contributed by atoms with Crippen molar-refractivity contribution in [1.82, 2.24) is 4.98 Å². The van der Waals surface area contributed by atoms with E-state index in [4.69, 9.17) is 5.26 Å². The van der Waals surface area contributed by atoms with Gasteiger partial charge in [-0.1, -0.05) is 18.2 Å². The first-order valence-corrected chi connectivity index (χ1v) is 7.75. The van der Waals surface area contributed by atoms with Gasteiger partial charge in [0.2, 0.25) is 0 Å². The number of nitriles is 1. The molecular weight excluding hydrogens is 312 g/mol. The molecule has 3 aromatic rings. The molecule has 25 heavy (non-hydrogen) atoms. The first-order valence-electron chi connectivity index (χ1n) is 7.75. The van der Waals surface area contributed by atoms with Crippen LogP contribution in [-0.2, 0) is 0 Å². The summed E-state index contributed by atoms with van der Waals surface area (Å²) in [6.07, 6.45) is 1.59. The number of carbonyl (C=O) groups is 1. The number of hydrogen-bond acceptors (Lipinski definition) is 4. The molecule has 0 spiro atoms. The second-order valence-electron chi connectivity index (χ2n) is 5.57. The number of anilines is 3. The third-order valence-electron chi connectivity index (χ3n) is 3.55. The topological polar surface area (TPSA) is 77.8 Å². The second kappa shape index (κ2) is 7.28. The van der Waals surface area contributed by atoms with Crippen LogP contribution in [0.2, 0.25) is 0 Å².